The Hall–Kier alpha value is -0.630. The van der Waals surface area contributed by atoms with Crippen LogP contribution in [0.5, 0.6) is 0 Å². The van der Waals surface area contributed by atoms with Crippen molar-refractivity contribution >= 4 is 51.2 Å². The van der Waals surface area contributed by atoms with Crippen molar-refractivity contribution in [3.63, 3.8) is 0 Å². The first-order valence-corrected chi connectivity index (χ1v) is 6.74. The van der Waals surface area contributed by atoms with Crippen LogP contribution in [-0.2, 0) is 16.1 Å². The number of carbonyl (C=O) groups is 1. The SMILES string of the molecule is CC(C#N)OC(=O)Cn1cc(I)c(=O)c(I)c1. The monoisotopic (exact) mass is 458 g/mol. The molecule has 0 bridgehead atoms. The summed E-state index contributed by atoms with van der Waals surface area (Å²) in [5.74, 6) is -0.505. The molecule has 0 aliphatic carbocycles. The lowest BCUT2D eigenvalue weighted by Crippen LogP contribution is -2.21. The first-order chi connectivity index (χ1) is 7.93. The van der Waals surface area contributed by atoms with Crippen LogP contribution in [0.1, 0.15) is 6.92 Å². The summed E-state index contributed by atoms with van der Waals surface area (Å²) in [5.41, 5.74) is -0.0544. The van der Waals surface area contributed by atoms with Crippen LogP contribution < -0.4 is 5.43 Å². The molecule has 0 aliphatic rings. The third kappa shape index (κ3) is 4.27. The maximum absolute atomic E-state index is 11.4. The van der Waals surface area contributed by atoms with Crippen molar-refractivity contribution < 1.29 is 9.53 Å². The number of hydrogen-bond donors (Lipinski definition) is 0. The maximum atomic E-state index is 11.4. The molecule has 1 heterocycles. The van der Waals surface area contributed by atoms with Crippen LogP contribution in [0.2, 0.25) is 0 Å². The number of nitrogens with zero attached hydrogens (tertiary/aromatic N) is 2. The van der Waals surface area contributed by atoms with Gasteiger partial charge >= 0.3 is 5.97 Å². The first kappa shape index (κ1) is 14.4. The Morgan fingerprint density at radius 2 is 2.06 bits per heavy atom. The van der Waals surface area contributed by atoms with Gasteiger partial charge in [-0.25, -0.2) is 0 Å². The highest BCUT2D eigenvalue weighted by atomic mass is 127. The zero-order valence-electron chi connectivity index (χ0n) is 8.81. The molecule has 5 nitrogen and oxygen atoms in total. The lowest BCUT2D eigenvalue weighted by atomic mass is 10.4. The molecule has 90 valence electrons. The molecule has 7 heteroatoms. The molecule has 1 aromatic heterocycles. The van der Waals surface area contributed by atoms with E-state index in [0.717, 1.165) is 0 Å². The minimum atomic E-state index is -0.764. The van der Waals surface area contributed by atoms with Crippen molar-refractivity contribution in [2.24, 2.45) is 0 Å². The fourth-order valence-corrected chi connectivity index (χ4v) is 2.87. The van der Waals surface area contributed by atoms with E-state index >= 15 is 0 Å². The van der Waals surface area contributed by atoms with Gasteiger partial charge in [0.1, 0.15) is 12.6 Å². The van der Waals surface area contributed by atoms with Crippen LogP contribution in [0.15, 0.2) is 17.2 Å². The fourth-order valence-electron chi connectivity index (χ4n) is 1.06. The molecular formula is C10H8I2N2O3. The van der Waals surface area contributed by atoms with Gasteiger partial charge in [-0.15, -0.1) is 0 Å². The Balaban J connectivity index is 2.80. The molecule has 0 aliphatic heterocycles. The van der Waals surface area contributed by atoms with E-state index < -0.39 is 12.1 Å². The molecule has 1 atom stereocenters. The smallest absolute Gasteiger partial charge is 0.327 e. The molecule has 0 saturated heterocycles. The summed E-state index contributed by atoms with van der Waals surface area (Å²) in [6.07, 6.45) is 2.38. The lowest BCUT2D eigenvalue weighted by molar-refractivity contribution is -0.146. The van der Waals surface area contributed by atoms with Crippen LogP contribution in [0.25, 0.3) is 0 Å². The van der Waals surface area contributed by atoms with Gasteiger partial charge in [-0.1, -0.05) is 0 Å². The van der Waals surface area contributed by atoms with Crippen LogP contribution >= 0.6 is 45.2 Å². The molecule has 0 saturated carbocycles. The lowest BCUT2D eigenvalue weighted by Gasteiger charge is -2.09. The van der Waals surface area contributed by atoms with Gasteiger partial charge in [0.2, 0.25) is 5.43 Å². The Labute approximate surface area is 125 Å². The summed E-state index contributed by atoms with van der Waals surface area (Å²) in [7, 11) is 0. The normalized spacial score (nSPS) is 11.6. The Morgan fingerprint density at radius 3 is 2.53 bits per heavy atom. The van der Waals surface area contributed by atoms with Gasteiger partial charge in [0.25, 0.3) is 0 Å². The van der Waals surface area contributed by atoms with E-state index in [1.54, 1.807) is 17.0 Å². The summed E-state index contributed by atoms with van der Waals surface area (Å²) in [6, 6.07) is 1.81. The molecule has 0 radical (unpaired) electrons. The Kier molecular flexibility index (Phi) is 5.38. The third-order valence-electron chi connectivity index (χ3n) is 1.79. The second-order valence-electron chi connectivity index (χ2n) is 3.22. The van der Waals surface area contributed by atoms with E-state index in [2.05, 4.69) is 0 Å². The van der Waals surface area contributed by atoms with E-state index in [0.29, 0.717) is 7.14 Å². The van der Waals surface area contributed by atoms with Gasteiger partial charge in [0.15, 0.2) is 6.10 Å². The van der Waals surface area contributed by atoms with Crippen LogP contribution in [0.3, 0.4) is 0 Å². The minimum absolute atomic E-state index is 0.0156. The summed E-state index contributed by atoms with van der Waals surface area (Å²) in [4.78, 5) is 22.9. The van der Waals surface area contributed by atoms with Crippen LogP contribution in [-0.4, -0.2) is 16.6 Å². The van der Waals surface area contributed by atoms with Gasteiger partial charge in [-0.3, -0.25) is 9.59 Å². The standard InChI is InChI=1S/C10H8I2N2O3/c1-6(2-13)17-9(15)5-14-3-7(11)10(16)8(12)4-14/h3-4,6H,5H2,1H3. The van der Waals surface area contributed by atoms with Crippen molar-refractivity contribution in [1.82, 2.24) is 4.57 Å². The fraction of sp³-hybridized carbons (Fsp3) is 0.300. The molecule has 0 amide bonds. The van der Waals surface area contributed by atoms with Crippen molar-refractivity contribution in [2.75, 3.05) is 0 Å². The quantitative estimate of drug-likeness (QED) is 0.509. The summed E-state index contributed by atoms with van der Waals surface area (Å²) in [6.45, 7) is 1.48. The molecule has 17 heavy (non-hydrogen) atoms. The second kappa shape index (κ2) is 6.34. The molecule has 0 N–H and O–H groups in total. The van der Waals surface area contributed by atoms with Gasteiger partial charge < -0.3 is 9.30 Å². The van der Waals surface area contributed by atoms with Crippen LogP contribution in [0, 0.1) is 18.5 Å². The largest absolute Gasteiger partial charge is 0.446 e. The number of esters is 1. The van der Waals surface area contributed by atoms with Gasteiger partial charge in [0, 0.05) is 12.4 Å². The molecular weight excluding hydrogens is 450 g/mol. The summed E-state index contributed by atoms with van der Waals surface area (Å²) in [5, 5.41) is 8.50. The highest BCUT2D eigenvalue weighted by molar-refractivity contribution is 14.1. The Bertz CT molecular complexity index is 507. The van der Waals surface area contributed by atoms with Gasteiger partial charge in [-0.2, -0.15) is 5.26 Å². The van der Waals surface area contributed by atoms with Crippen molar-refractivity contribution in [3.8, 4) is 6.07 Å². The van der Waals surface area contributed by atoms with Gasteiger partial charge in [0.05, 0.1) is 7.14 Å². The maximum Gasteiger partial charge on any atom is 0.327 e. The summed E-state index contributed by atoms with van der Waals surface area (Å²) < 4.78 is 7.45. The molecule has 1 unspecified atom stereocenters. The van der Waals surface area contributed by atoms with E-state index in [1.165, 1.54) is 6.92 Å². The average molecular weight is 458 g/mol. The average Bonchev–Trinajstić information content (AvgIpc) is 2.25. The second-order valence-corrected chi connectivity index (χ2v) is 5.54. The molecule has 1 rings (SSSR count). The third-order valence-corrected chi connectivity index (χ3v) is 3.33. The molecule has 1 aromatic rings. The summed E-state index contributed by atoms with van der Waals surface area (Å²) >= 11 is 3.83. The topological polar surface area (TPSA) is 72.1 Å². The number of rotatable bonds is 3. The van der Waals surface area contributed by atoms with Gasteiger partial charge in [-0.05, 0) is 52.1 Å². The van der Waals surface area contributed by atoms with Crippen molar-refractivity contribution in [2.45, 2.75) is 19.6 Å². The zero-order valence-corrected chi connectivity index (χ0v) is 13.1. The molecule has 0 aromatic carbocycles. The van der Waals surface area contributed by atoms with E-state index in [9.17, 15) is 9.59 Å². The minimum Gasteiger partial charge on any atom is -0.446 e. The van der Waals surface area contributed by atoms with E-state index in [4.69, 9.17) is 10.00 Å². The van der Waals surface area contributed by atoms with E-state index in [1.807, 2.05) is 51.3 Å². The number of halogens is 2. The van der Waals surface area contributed by atoms with E-state index in [-0.39, 0.29) is 12.0 Å². The van der Waals surface area contributed by atoms with Crippen molar-refractivity contribution in [3.05, 3.63) is 29.8 Å². The number of pyridine rings is 1. The molecule has 0 fully saturated rings. The highest BCUT2D eigenvalue weighted by Crippen LogP contribution is 2.04. The highest BCUT2D eigenvalue weighted by Gasteiger charge is 2.10. The number of ether oxygens (including phenoxy) is 1. The predicted molar refractivity (Wildman–Crippen MR) is 77.3 cm³/mol. The number of carbonyl (C=O) groups excluding carboxylic acids is 1. The molecule has 0 spiro atoms. The van der Waals surface area contributed by atoms with Crippen LogP contribution in [0.4, 0.5) is 0 Å². The zero-order chi connectivity index (χ0) is 13.0. The first-order valence-electron chi connectivity index (χ1n) is 4.58. The van der Waals surface area contributed by atoms with Crippen molar-refractivity contribution in [1.29, 1.82) is 5.26 Å². The number of hydrogen-bond acceptors (Lipinski definition) is 4. The number of aromatic nitrogens is 1. The Morgan fingerprint density at radius 1 is 1.53 bits per heavy atom. The number of nitriles is 1. The predicted octanol–water partition coefficient (Wildman–Crippen LogP) is 1.51.